The van der Waals surface area contributed by atoms with Crippen LogP contribution in [0.15, 0.2) is 42.6 Å². The maximum atomic E-state index is 11.9. The minimum atomic E-state index is -0.401. The number of rotatable bonds is 8. The Kier molecular flexibility index (Phi) is 6.91. The van der Waals surface area contributed by atoms with Gasteiger partial charge in [0.15, 0.2) is 0 Å². The molecule has 0 saturated heterocycles. The molecule has 25 heavy (non-hydrogen) atoms. The van der Waals surface area contributed by atoms with Crippen LogP contribution in [0.3, 0.4) is 0 Å². The molecule has 132 valence electrons. The van der Waals surface area contributed by atoms with Gasteiger partial charge in [0.1, 0.15) is 5.69 Å². The van der Waals surface area contributed by atoms with Crippen LogP contribution >= 0.6 is 0 Å². The highest BCUT2D eigenvalue weighted by Gasteiger charge is 2.08. The summed E-state index contributed by atoms with van der Waals surface area (Å²) < 4.78 is 9.63. The van der Waals surface area contributed by atoms with E-state index in [1.807, 2.05) is 6.07 Å². The van der Waals surface area contributed by atoms with Crippen molar-refractivity contribution in [2.75, 3.05) is 32.7 Å². The number of esters is 1. The van der Waals surface area contributed by atoms with E-state index in [9.17, 15) is 9.59 Å². The minimum Gasteiger partial charge on any atom is -0.465 e. The van der Waals surface area contributed by atoms with Crippen molar-refractivity contribution in [3.63, 3.8) is 0 Å². The zero-order valence-corrected chi connectivity index (χ0v) is 14.2. The number of ether oxygens (including phenoxy) is 2. The normalized spacial score (nSPS) is 10.2. The molecule has 2 rings (SSSR count). The van der Waals surface area contributed by atoms with Crippen LogP contribution in [0.2, 0.25) is 0 Å². The van der Waals surface area contributed by atoms with Crippen molar-refractivity contribution in [2.45, 2.75) is 6.42 Å². The summed E-state index contributed by atoms with van der Waals surface area (Å²) in [6.07, 6.45) is 2.31. The third-order valence-electron chi connectivity index (χ3n) is 3.38. The van der Waals surface area contributed by atoms with Gasteiger partial charge in [-0.25, -0.2) is 9.78 Å². The first kappa shape index (κ1) is 18.4. The van der Waals surface area contributed by atoms with Gasteiger partial charge in [-0.15, -0.1) is 0 Å². The average molecular weight is 343 g/mol. The molecule has 2 N–H and O–H groups in total. The van der Waals surface area contributed by atoms with Gasteiger partial charge in [0.2, 0.25) is 0 Å². The largest absolute Gasteiger partial charge is 0.465 e. The number of carbonyl (C=O) groups is 2. The molecule has 1 aromatic carbocycles. The standard InChI is InChI=1S/C18H21N3O4/c1-24-10-4-9-19-17(22)16-8-7-15(12-20-16)21-14-6-3-5-13(11-14)18(23)25-2/h3,5-8,11-12,21H,4,9-10H2,1-2H3,(H,19,22). The molecule has 0 fully saturated rings. The summed E-state index contributed by atoms with van der Waals surface area (Å²) in [4.78, 5) is 27.6. The molecule has 0 unspecified atom stereocenters. The first-order valence-electron chi connectivity index (χ1n) is 7.82. The Morgan fingerprint density at radius 3 is 2.64 bits per heavy atom. The molecular formula is C18H21N3O4. The Labute approximate surface area is 146 Å². The Bertz CT molecular complexity index is 717. The van der Waals surface area contributed by atoms with Crippen LogP contribution in [-0.2, 0) is 9.47 Å². The molecule has 0 radical (unpaired) electrons. The van der Waals surface area contributed by atoms with Gasteiger partial charge in [0.25, 0.3) is 5.91 Å². The van der Waals surface area contributed by atoms with Crippen molar-refractivity contribution in [1.82, 2.24) is 10.3 Å². The number of aromatic nitrogens is 1. The highest BCUT2D eigenvalue weighted by molar-refractivity contribution is 5.92. The van der Waals surface area contributed by atoms with E-state index in [1.165, 1.54) is 7.11 Å². The number of anilines is 2. The summed E-state index contributed by atoms with van der Waals surface area (Å²) in [6, 6.07) is 10.3. The molecule has 0 atom stereocenters. The molecule has 0 aliphatic heterocycles. The predicted molar refractivity (Wildman–Crippen MR) is 94.1 cm³/mol. The minimum absolute atomic E-state index is 0.227. The van der Waals surface area contributed by atoms with Crippen LogP contribution in [-0.4, -0.2) is 44.2 Å². The molecule has 1 heterocycles. The van der Waals surface area contributed by atoms with Crippen LogP contribution in [0.4, 0.5) is 11.4 Å². The number of pyridine rings is 1. The Balaban J connectivity index is 1.96. The molecule has 2 aromatic rings. The number of nitrogens with zero attached hydrogens (tertiary/aromatic N) is 1. The van der Waals surface area contributed by atoms with E-state index in [0.29, 0.717) is 30.1 Å². The highest BCUT2D eigenvalue weighted by Crippen LogP contribution is 2.17. The van der Waals surface area contributed by atoms with Gasteiger partial charge >= 0.3 is 5.97 Å². The zero-order valence-electron chi connectivity index (χ0n) is 14.2. The summed E-state index contributed by atoms with van der Waals surface area (Å²) in [5.74, 6) is -0.627. The quantitative estimate of drug-likeness (QED) is 0.565. The van der Waals surface area contributed by atoms with Gasteiger partial charge < -0.3 is 20.1 Å². The molecular weight excluding hydrogens is 322 g/mol. The molecule has 1 amide bonds. The van der Waals surface area contributed by atoms with E-state index in [0.717, 1.165) is 12.1 Å². The molecule has 0 aliphatic carbocycles. The van der Waals surface area contributed by atoms with Crippen LogP contribution in [0.25, 0.3) is 0 Å². The van der Waals surface area contributed by atoms with Gasteiger partial charge in [0, 0.05) is 25.9 Å². The number of amides is 1. The Morgan fingerprint density at radius 2 is 1.96 bits per heavy atom. The van der Waals surface area contributed by atoms with Crippen molar-refractivity contribution < 1.29 is 19.1 Å². The third-order valence-corrected chi connectivity index (χ3v) is 3.38. The average Bonchev–Trinajstić information content (AvgIpc) is 2.65. The van der Waals surface area contributed by atoms with Crippen molar-refractivity contribution in [1.29, 1.82) is 0 Å². The summed E-state index contributed by atoms with van der Waals surface area (Å²) in [5, 5.41) is 5.91. The van der Waals surface area contributed by atoms with Crippen LogP contribution in [0, 0.1) is 0 Å². The summed E-state index contributed by atoms with van der Waals surface area (Å²) in [6.45, 7) is 1.13. The van der Waals surface area contributed by atoms with Crippen LogP contribution in [0.1, 0.15) is 27.3 Å². The SMILES string of the molecule is COCCCNC(=O)c1ccc(Nc2cccc(C(=O)OC)c2)cn1. The molecule has 0 saturated carbocycles. The van der Waals surface area contributed by atoms with Crippen molar-refractivity contribution in [2.24, 2.45) is 0 Å². The van der Waals surface area contributed by atoms with Crippen molar-refractivity contribution in [3.05, 3.63) is 53.9 Å². The van der Waals surface area contributed by atoms with Gasteiger partial charge in [-0.2, -0.15) is 0 Å². The smallest absolute Gasteiger partial charge is 0.337 e. The van der Waals surface area contributed by atoms with E-state index in [2.05, 4.69) is 15.6 Å². The first-order valence-corrected chi connectivity index (χ1v) is 7.82. The van der Waals surface area contributed by atoms with Crippen LogP contribution in [0.5, 0.6) is 0 Å². The number of carbonyl (C=O) groups excluding carboxylic acids is 2. The molecule has 0 aliphatic rings. The number of nitrogens with one attached hydrogen (secondary N) is 2. The zero-order chi connectivity index (χ0) is 18.1. The molecule has 0 bridgehead atoms. The van der Waals surface area contributed by atoms with Gasteiger partial charge in [-0.1, -0.05) is 6.07 Å². The Hall–Kier alpha value is -2.93. The van der Waals surface area contributed by atoms with Crippen LogP contribution < -0.4 is 10.6 Å². The van der Waals surface area contributed by atoms with E-state index < -0.39 is 5.97 Å². The summed E-state index contributed by atoms with van der Waals surface area (Å²) in [5.41, 5.74) is 2.22. The summed E-state index contributed by atoms with van der Waals surface area (Å²) in [7, 11) is 2.96. The molecule has 0 spiro atoms. The summed E-state index contributed by atoms with van der Waals surface area (Å²) >= 11 is 0. The Morgan fingerprint density at radius 1 is 1.12 bits per heavy atom. The fourth-order valence-electron chi connectivity index (χ4n) is 2.12. The van der Waals surface area contributed by atoms with Gasteiger partial charge in [-0.3, -0.25) is 4.79 Å². The number of hydrogen-bond donors (Lipinski definition) is 2. The second-order valence-electron chi connectivity index (χ2n) is 5.23. The fraction of sp³-hybridized carbons (Fsp3) is 0.278. The fourth-order valence-corrected chi connectivity index (χ4v) is 2.12. The van der Waals surface area contributed by atoms with E-state index in [-0.39, 0.29) is 5.91 Å². The lowest BCUT2D eigenvalue weighted by molar-refractivity contribution is 0.0600. The van der Waals surface area contributed by atoms with E-state index in [4.69, 9.17) is 9.47 Å². The second kappa shape index (κ2) is 9.39. The van der Waals surface area contributed by atoms with Crippen molar-refractivity contribution >= 4 is 23.3 Å². The number of methoxy groups -OCH3 is 2. The predicted octanol–water partition coefficient (Wildman–Crippen LogP) is 2.38. The molecule has 7 nitrogen and oxygen atoms in total. The third kappa shape index (κ3) is 5.58. The lowest BCUT2D eigenvalue weighted by atomic mass is 10.2. The number of benzene rings is 1. The second-order valence-corrected chi connectivity index (χ2v) is 5.23. The highest BCUT2D eigenvalue weighted by atomic mass is 16.5. The topological polar surface area (TPSA) is 89.6 Å². The van der Waals surface area contributed by atoms with E-state index in [1.54, 1.807) is 43.6 Å². The first-order chi connectivity index (χ1) is 12.1. The van der Waals surface area contributed by atoms with E-state index >= 15 is 0 Å². The maximum absolute atomic E-state index is 11.9. The lowest BCUT2D eigenvalue weighted by Gasteiger charge is -2.08. The number of hydrogen-bond acceptors (Lipinski definition) is 6. The monoisotopic (exact) mass is 343 g/mol. The van der Waals surface area contributed by atoms with Crippen molar-refractivity contribution in [3.8, 4) is 0 Å². The lowest BCUT2D eigenvalue weighted by Crippen LogP contribution is -2.26. The molecule has 7 heteroatoms. The molecule has 1 aromatic heterocycles. The van der Waals surface area contributed by atoms with Gasteiger partial charge in [-0.05, 0) is 36.8 Å². The van der Waals surface area contributed by atoms with Gasteiger partial charge in [0.05, 0.1) is 24.6 Å². The maximum Gasteiger partial charge on any atom is 0.337 e.